The summed E-state index contributed by atoms with van der Waals surface area (Å²) < 4.78 is 15.8. The van der Waals surface area contributed by atoms with Crippen LogP contribution in [0.1, 0.15) is 30.9 Å². The van der Waals surface area contributed by atoms with Crippen LogP contribution < -0.4 is 14.8 Å². The highest BCUT2D eigenvalue weighted by Gasteiger charge is 2.26. The molecule has 7 nitrogen and oxygen atoms in total. The van der Waals surface area contributed by atoms with Crippen LogP contribution in [-0.4, -0.2) is 44.4 Å². The van der Waals surface area contributed by atoms with Crippen LogP contribution >= 0.6 is 0 Å². The molecule has 1 aromatic rings. The molecule has 0 bridgehead atoms. The molecule has 0 aromatic heterocycles. The Morgan fingerprint density at radius 1 is 1.33 bits per heavy atom. The van der Waals surface area contributed by atoms with Crippen molar-refractivity contribution in [1.82, 2.24) is 5.32 Å². The molecule has 2 N–H and O–H groups in total. The first-order valence-electron chi connectivity index (χ1n) is 7.87. The first-order valence-corrected chi connectivity index (χ1v) is 7.87. The van der Waals surface area contributed by atoms with E-state index >= 15 is 0 Å². The number of carboxylic acids is 1. The summed E-state index contributed by atoms with van der Waals surface area (Å²) in [5.41, 5.74) is 0.653. The number of nitrogens with one attached hydrogen (secondary N) is 1. The van der Waals surface area contributed by atoms with Gasteiger partial charge in [-0.3, -0.25) is 9.59 Å². The van der Waals surface area contributed by atoms with E-state index in [1.54, 1.807) is 18.2 Å². The standard InChI is InChI=1S/C17H23NO6/c1-22-14-6-5-11(8-15(14)23-2)13(9-16(19)20)18-17(21)12-4-3-7-24-10-12/h5-6,8,12-13H,3-4,7,9-10H2,1-2H3,(H,18,21)(H,19,20). The minimum atomic E-state index is -0.991. The average molecular weight is 337 g/mol. The van der Waals surface area contributed by atoms with E-state index in [0.29, 0.717) is 30.3 Å². The molecule has 1 aliphatic rings. The predicted octanol–water partition coefficient (Wildman–Crippen LogP) is 1.76. The second-order valence-electron chi connectivity index (χ2n) is 5.69. The molecule has 0 aliphatic carbocycles. The summed E-state index contributed by atoms with van der Waals surface area (Å²) in [6.45, 7) is 1.04. The zero-order valence-corrected chi connectivity index (χ0v) is 13.9. The molecule has 2 rings (SSSR count). The summed E-state index contributed by atoms with van der Waals surface area (Å²) in [6.07, 6.45) is 1.37. The molecule has 1 fully saturated rings. The number of benzene rings is 1. The molecule has 2 unspecified atom stereocenters. The van der Waals surface area contributed by atoms with Gasteiger partial charge in [-0.25, -0.2) is 0 Å². The smallest absolute Gasteiger partial charge is 0.305 e. The lowest BCUT2D eigenvalue weighted by atomic mass is 9.98. The first kappa shape index (κ1) is 18.1. The fraction of sp³-hybridized carbons (Fsp3) is 0.529. The minimum Gasteiger partial charge on any atom is -0.493 e. The third-order valence-corrected chi connectivity index (χ3v) is 4.04. The monoisotopic (exact) mass is 337 g/mol. The van der Waals surface area contributed by atoms with Crippen molar-refractivity contribution < 1.29 is 28.9 Å². The van der Waals surface area contributed by atoms with Crippen molar-refractivity contribution >= 4 is 11.9 Å². The van der Waals surface area contributed by atoms with Crippen molar-refractivity contribution in [3.05, 3.63) is 23.8 Å². The van der Waals surface area contributed by atoms with E-state index in [9.17, 15) is 9.59 Å². The Kier molecular flexibility index (Phi) is 6.43. The number of methoxy groups -OCH3 is 2. The molecule has 24 heavy (non-hydrogen) atoms. The normalized spacial score (nSPS) is 18.5. The molecule has 132 valence electrons. The van der Waals surface area contributed by atoms with Crippen molar-refractivity contribution in [1.29, 1.82) is 0 Å². The lowest BCUT2D eigenvalue weighted by Gasteiger charge is -2.25. The van der Waals surface area contributed by atoms with Gasteiger partial charge in [-0.05, 0) is 30.5 Å². The van der Waals surface area contributed by atoms with Gasteiger partial charge in [-0.2, -0.15) is 0 Å². The maximum Gasteiger partial charge on any atom is 0.305 e. The molecule has 0 radical (unpaired) electrons. The highest BCUT2D eigenvalue weighted by Crippen LogP contribution is 2.31. The quantitative estimate of drug-likeness (QED) is 0.787. The molecule has 0 spiro atoms. The van der Waals surface area contributed by atoms with Gasteiger partial charge in [0.05, 0.1) is 39.2 Å². The van der Waals surface area contributed by atoms with Crippen molar-refractivity contribution in [3.8, 4) is 11.5 Å². The van der Waals surface area contributed by atoms with Gasteiger partial charge in [0.2, 0.25) is 5.91 Å². The molecule has 1 aromatic carbocycles. The second-order valence-corrected chi connectivity index (χ2v) is 5.69. The van der Waals surface area contributed by atoms with E-state index in [0.717, 1.165) is 12.8 Å². The van der Waals surface area contributed by atoms with Crippen LogP contribution in [0.5, 0.6) is 11.5 Å². The van der Waals surface area contributed by atoms with Crippen molar-refractivity contribution in [2.45, 2.75) is 25.3 Å². The van der Waals surface area contributed by atoms with E-state index in [-0.39, 0.29) is 18.2 Å². The topological polar surface area (TPSA) is 94.1 Å². The molecule has 1 aliphatic heterocycles. The summed E-state index contributed by atoms with van der Waals surface area (Å²) in [5.74, 6) is -0.385. The van der Waals surface area contributed by atoms with Gasteiger partial charge >= 0.3 is 5.97 Å². The maximum atomic E-state index is 12.4. The van der Waals surface area contributed by atoms with E-state index in [2.05, 4.69) is 5.32 Å². The number of carbonyl (C=O) groups excluding carboxylic acids is 1. The van der Waals surface area contributed by atoms with Crippen LogP contribution in [0, 0.1) is 5.92 Å². The van der Waals surface area contributed by atoms with Crippen LogP contribution in [-0.2, 0) is 14.3 Å². The number of hydrogen-bond donors (Lipinski definition) is 2. The van der Waals surface area contributed by atoms with Gasteiger partial charge in [0.25, 0.3) is 0 Å². The SMILES string of the molecule is COc1ccc(C(CC(=O)O)NC(=O)C2CCCOC2)cc1OC. The van der Waals surface area contributed by atoms with Crippen LogP contribution in [0.2, 0.25) is 0 Å². The largest absolute Gasteiger partial charge is 0.493 e. The molecule has 0 saturated carbocycles. The molecule has 2 atom stereocenters. The summed E-state index contributed by atoms with van der Waals surface area (Å²) >= 11 is 0. The number of rotatable bonds is 7. The number of carboxylic acid groups (broad SMARTS) is 1. The fourth-order valence-electron chi connectivity index (χ4n) is 2.73. The van der Waals surface area contributed by atoms with Crippen molar-refractivity contribution in [2.75, 3.05) is 27.4 Å². The van der Waals surface area contributed by atoms with Crippen LogP contribution in [0.3, 0.4) is 0 Å². The molecular weight excluding hydrogens is 314 g/mol. The molecular formula is C17H23NO6. The van der Waals surface area contributed by atoms with Gasteiger partial charge in [0, 0.05) is 6.61 Å². The lowest BCUT2D eigenvalue weighted by molar-refractivity contribution is -0.138. The molecule has 1 heterocycles. The zero-order chi connectivity index (χ0) is 17.5. The summed E-state index contributed by atoms with van der Waals surface area (Å²) in [6, 6.07) is 4.46. The number of amides is 1. The summed E-state index contributed by atoms with van der Waals surface area (Å²) in [4.78, 5) is 23.6. The highest BCUT2D eigenvalue weighted by molar-refractivity contribution is 5.80. The molecule has 7 heteroatoms. The van der Waals surface area contributed by atoms with Crippen LogP contribution in [0.4, 0.5) is 0 Å². The van der Waals surface area contributed by atoms with E-state index in [4.69, 9.17) is 19.3 Å². The number of ether oxygens (including phenoxy) is 3. The Hall–Kier alpha value is -2.28. The van der Waals surface area contributed by atoms with E-state index < -0.39 is 12.0 Å². The fourth-order valence-corrected chi connectivity index (χ4v) is 2.73. The zero-order valence-electron chi connectivity index (χ0n) is 13.9. The Labute approximate surface area is 140 Å². The second kappa shape index (κ2) is 8.54. The Bertz CT molecular complexity index is 582. The molecule has 1 saturated heterocycles. The Morgan fingerprint density at radius 3 is 2.67 bits per heavy atom. The number of aliphatic carboxylic acids is 1. The van der Waals surface area contributed by atoms with Gasteiger partial charge < -0.3 is 24.6 Å². The third-order valence-electron chi connectivity index (χ3n) is 4.04. The predicted molar refractivity (Wildman–Crippen MR) is 86.2 cm³/mol. The van der Waals surface area contributed by atoms with Gasteiger partial charge in [-0.1, -0.05) is 6.07 Å². The molecule has 1 amide bonds. The first-order chi connectivity index (χ1) is 11.5. The van der Waals surface area contributed by atoms with Crippen molar-refractivity contribution in [3.63, 3.8) is 0 Å². The minimum absolute atomic E-state index is 0.185. The average Bonchev–Trinajstić information content (AvgIpc) is 2.60. The van der Waals surface area contributed by atoms with E-state index in [1.807, 2.05) is 0 Å². The van der Waals surface area contributed by atoms with E-state index in [1.165, 1.54) is 14.2 Å². The summed E-state index contributed by atoms with van der Waals surface area (Å²) in [5, 5.41) is 12.0. The Balaban J connectivity index is 2.18. The van der Waals surface area contributed by atoms with Crippen LogP contribution in [0.25, 0.3) is 0 Å². The number of hydrogen-bond acceptors (Lipinski definition) is 5. The van der Waals surface area contributed by atoms with Gasteiger partial charge in [0.15, 0.2) is 11.5 Å². The lowest BCUT2D eigenvalue weighted by Crippen LogP contribution is -2.38. The Morgan fingerprint density at radius 2 is 2.08 bits per heavy atom. The highest BCUT2D eigenvalue weighted by atomic mass is 16.5. The van der Waals surface area contributed by atoms with Crippen LogP contribution in [0.15, 0.2) is 18.2 Å². The third kappa shape index (κ3) is 4.61. The maximum absolute atomic E-state index is 12.4. The van der Waals surface area contributed by atoms with Gasteiger partial charge in [0.1, 0.15) is 0 Å². The van der Waals surface area contributed by atoms with Crippen molar-refractivity contribution in [2.24, 2.45) is 5.92 Å². The summed E-state index contributed by atoms with van der Waals surface area (Å²) in [7, 11) is 3.03. The number of carbonyl (C=O) groups is 2. The van der Waals surface area contributed by atoms with Gasteiger partial charge in [-0.15, -0.1) is 0 Å².